The Labute approximate surface area is 144 Å². The van der Waals surface area contributed by atoms with Crippen molar-refractivity contribution in [3.8, 4) is 0 Å². The standard InChI is InChI=1S/C19H30N2O3/c1-16(2)8-10-21(12-17-6-4-9-20(17)3)13-18(22)14-23-15-19-7-5-11-24-19/h4-7,9,11,16,18,22H,8,10,12-15H2,1-3H3/t18-/m0/s1. The Morgan fingerprint density at radius 2 is 2.12 bits per heavy atom. The average Bonchev–Trinajstić information content (AvgIpc) is 3.17. The van der Waals surface area contributed by atoms with Crippen LogP contribution >= 0.6 is 0 Å². The number of nitrogens with zero attached hydrogens (tertiary/aromatic N) is 2. The molecule has 2 aromatic rings. The number of hydrogen-bond acceptors (Lipinski definition) is 4. The molecule has 0 unspecified atom stereocenters. The summed E-state index contributed by atoms with van der Waals surface area (Å²) in [6.07, 6.45) is 4.29. The summed E-state index contributed by atoms with van der Waals surface area (Å²) in [5, 5.41) is 10.3. The number of aliphatic hydroxyl groups excluding tert-OH is 1. The zero-order valence-electron chi connectivity index (χ0n) is 15.0. The lowest BCUT2D eigenvalue weighted by molar-refractivity contribution is 0.00298. The number of rotatable bonds is 11. The SMILES string of the molecule is CC(C)CCN(Cc1cccn1C)C[C@H](O)COCc1ccco1. The molecule has 0 aliphatic carbocycles. The summed E-state index contributed by atoms with van der Waals surface area (Å²) >= 11 is 0. The molecule has 0 spiro atoms. The minimum absolute atomic E-state index is 0.312. The fourth-order valence-electron chi connectivity index (χ4n) is 2.61. The van der Waals surface area contributed by atoms with Gasteiger partial charge in [-0.2, -0.15) is 0 Å². The second-order valence-corrected chi connectivity index (χ2v) is 6.78. The van der Waals surface area contributed by atoms with Crippen LogP contribution in [0.25, 0.3) is 0 Å². The lowest BCUT2D eigenvalue weighted by Gasteiger charge is -2.26. The van der Waals surface area contributed by atoms with Gasteiger partial charge in [0.25, 0.3) is 0 Å². The van der Waals surface area contributed by atoms with E-state index in [1.807, 2.05) is 12.1 Å². The Kier molecular flexibility index (Phi) is 7.56. The molecule has 1 atom stereocenters. The van der Waals surface area contributed by atoms with Crippen LogP contribution in [0.2, 0.25) is 0 Å². The van der Waals surface area contributed by atoms with E-state index in [9.17, 15) is 5.11 Å². The normalized spacial score (nSPS) is 13.1. The Hall–Kier alpha value is -1.56. The quantitative estimate of drug-likeness (QED) is 0.686. The fourth-order valence-corrected chi connectivity index (χ4v) is 2.61. The molecular weight excluding hydrogens is 304 g/mol. The first-order valence-corrected chi connectivity index (χ1v) is 8.65. The monoisotopic (exact) mass is 334 g/mol. The second kappa shape index (κ2) is 9.67. The lowest BCUT2D eigenvalue weighted by atomic mass is 10.1. The van der Waals surface area contributed by atoms with Crippen LogP contribution in [0.1, 0.15) is 31.7 Å². The predicted octanol–water partition coefficient (Wildman–Crippen LogP) is 3.04. The van der Waals surface area contributed by atoms with E-state index in [-0.39, 0.29) is 0 Å². The molecule has 0 bridgehead atoms. The highest BCUT2D eigenvalue weighted by Crippen LogP contribution is 2.10. The molecule has 2 heterocycles. The molecule has 2 rings (SSSR count). The zero-order chi connectivity index (χ0) is 17.4. The third-order valence-electron chi connectivity index (χ3n) is 4.06. The van der Waals surface area contributed by atoms with Crippen LogP contribution in [0.3, 0.4) is 0 Å². The third kappa shape index (κ3) is 6.51. The van der Waals surface area contributed by atoms with E-state index in [0.717, 1.165) is 25.3 Å². The molecule has 0 amide bonds. The van der Waals surface area contributed by atoms with Gasteiger partial charge in [0.1, 0.15) is 12.4 Å². The maximum Gasteiger partial charge on any atom is 0.129 e. The van der Waals surface area contributed by atoms with Crippen molar-refractivity contribution in [2.24, 2.45) is 13.0 Å². The van der Waals surface area contributed by atoms with Gasteiger partial charge in [0.05, 0.1) is 19.0 Å². The minimum Gasteiger partial charge on any atom is -0.467 e. The van der Waals surface area contributed by atoms with Crippen molar-refractivity contribution < 1.29 is 14.3 Å². The molecule has 5 heteroatoms. The Morgan fingerprint density at radius 3 is 2.75 bits per heavy atom. The number of hydrogen-bond donors (Lipinski definition) is 1. The maximum absolute atomic E-state index is 10.3. The van der Waals surface area contributed by atoms with Gasteiger partial charge in [-0.3, -0.25) is 4.90 Å². The van der Waals surface area contributed by atoms with Crippen LogP contribution in [0.15, 0.2) is 41.1 Å². The molecule has 0 saturated carbocycles. The summed E-state index contributed by atoms with van der Waals surface area (Å²) in [4.78, 5) is 2.30. The van der Waals surface area contributed by atoms with Gasteiger partial charge in [0.15, 0.2) is 0 Å². The van der Waals surface area contributed by atoms with Crippen LogP contribution in [-0.2, 0) is 24.9 Å². The van der Waals surface area contributed by atoms with E-state index in [1.54, 1.807) is 6.26 Å². The first kappa shape index (κ1) is 18.8. The third-order valence-corrected chi connectivity index (χ3v) is 4.06. The van der Waals surface area contributed by atoms with Crippen LogP contribution in [0, 0.1) is 5.92 Å². The Bertz CT molecular complexity index is 563. The highest BCUT2D eigenvalue weighted by molar-refractivity contribution is 5.06. The molecule has 5 nitrogen and oxygen atoms in total. The predicted molar refractivity (Wildman–Crippen MR) is 94.5 cm³/mol. The molecule has 0 fully saturated rings. The molecular formula is C19H30N2O3. The first-order chi connectivity index (χ1) is 11.5. The van der Waals surface area contributed by atoms with Crippen LogP contribution in [0.4, 0.5) is 0 Å². The summed E-state index contributed by atoms with van der Waals surface area (Å²) in [7, 11) is 2.05. The summed E-state index contributed by atoms with van der Waals surface area (Å²) < 4.78 is 12.9. The van der Waals surface area contributed by atoms with Crippen molar-refractivity contribution in [3.63, 3.8) is 0 Å². The first-order valence-electron chi connectivity index (χ1n) is 8.65. The van der Waals surface area contributed by atoms with E-state index in [4.69, 9.17) is 9.15 Å². The smallest absolute Gasteiger partial charge is 0.129 e. The molecule has 0 radical (unpaired) electrons. The van der Waals surface area contributed by atoms with Crippen molar-refractivity contribution in [3.05, 3.63) is 48.2 Å². The van der Waals surface area contributed by atoms with Gasteiger partial charge in [0.2, 0.25) is 0 Å². The van der Waals surface area contributed by atoms with Gasteiger partial charge in [-0.25, -0.2) is 0 Å². The number of aryl methyl sites for hydroxylation is 1. The van der Waals surface area contributed by atoms with Gasteiger partial charge in [-0.05, 0) is 43.1 Å². The summed E-state index contributed by atoms with van der Waals surface area (Å²) in [5.41, 5.74) is 1.25. The Morgan fingerprint density at radius 1 is 1.29 bits per heavy atom. The van der Waals surface area contributed by atoms with Crippen molar-refractivity contribution in [2.75, 3.05) is 19.7 Å². The number of aromatic nitrogens is 1. The summed E-state index contributed by atoms with van der Waals surface area (Å²) in [6.45, 7) is 7.58. The number of ether oxygens (including phenoxy) is 1. The van der Waals surface area contributed by atoms with Crippen molar-refractivity contribution >= 4 is 0 Å². The van der Waals surface area contributed by atoms with Crippen molar-refractivity contribution in [1.82, 2.24) is 9.47 Å². The van der Waals surface area contributed by atoms with Crippen LogP contribution in [-0.4, -0.2) is 40.4 Å². The summed E-state index contributed by atoms with van der Waals surface area (Å²) in [6, 6.07) is 7.89. The number of aliphatic hydroxyl groups is 1. The average molecular weight is 334 g/mol. The molecule has 0 saturated heterocycles. The largest absolute Gasteiger partial charge is 0.467 e. The van der Waals surface area contributed by atoms with Gasteiger partial charge >= 0.3 is 0 Å². The lowest BCUT2D eigenvalue weighted by Crippen LogP contribution is -2.36. The Balaban J connectivity index is 1.80. The molecule has 2 aromatic heterocycles. The van der Waals surface area contributed by atoms with Crippen LogP contribution in [0.5, 0.6) is 0 Å². The molecule has 0 aliphatic rings. The molecule has 24 heavy (non-hydrogen) atoms. The fraction of sp³-hybridized carbons (Fsp3) is 0.579. The van der Waals surface area contributed by atoms with E-state index >= 15 is 0 Å². The summed E-state index contributed by atoms with van der Waals surface area (Å²) in [5.74, 6) is 1.43. The van der Waals surface area contributed by atoms with E-state index in [0.29, 0.717) is 25.7 Å². The molecule has 0 aliphatic heterocycles. The zero-order valence-corrected chi connectivity index (χ0v) is 15.0. The molecule has 0 aromatic carbocycles. The van der Waals surface area contributed by atoms with E-state index in [2.05, 4.69) is 48.7 Å². The van der Waals surface area contributed by atoms with Crippen molar-refractivity contribution in [2.45, 2.75) is 39.5 Å². The van der Waals surface area contributed by atoms with E-state index in [1.165, 1.54) is 5.69 Å². The van der Waals surface area contributed by atoms with Gasteiger partial charge < -0.3 is 18.8 Å². The van der Waals surface area contributed by atoms with Crippen molar-refractivity contribution in [1.29, 1.82) is 0 Å². The topological polar surface area (TPSA) is 50.8 Å². The second-order valence-electron chi connectivity index (χ2n) is 6.78. The minimum atomic E-state index is -0.507. The van der Waals surface area contributed by atoms with Gasteiger partial charge in [-0.1, -0.05) is 13.8 Å². The van der Waals surface area contributed by atoms with Crippen LogP contribution < -0.4 is 0 Å². The van der Waals surface area contributed by atoms with E-state index < -0.39 is 6.10 Å². The highest BCUT2D eigenvalue weighted by atomic mass is 16.5. The maximum atomic E-state index is 10.3. The highest BCUT2D eigenvalue weighted by Gasteiger charge is 2.14. The molecule has 134 valence electrons. The van der Waals surface area contributed by atoms with Gasteiger partial charge in [0, 0.05) is 32.0 Å². The van der Waals surface area contributed by atoms with Gasteiger partial charge in [-0.15, -0.1) is 0 Å². The number of furan rings is 1. The molecule has 1 N–H and O–H groups in total.